The van der Waals surface area contributed by atoms with Gasteiger partial charge in [-0.05, 0) is 18.4 Å². The Morgan fingerprint density at radius 3 is 3.12 bits per heavy atom. The van der Waals surface area contributed by atoms with Crippen molar-refractivity contribution in [1.29, 1.82) is 0 Å². The van der Waals surface area contributed by atoms with E-state index < -0.39 is 0 Å². The Balaban J connectivity index is 1.84. The van der Waals surface area contributed by atoms with Gasteiger partial charge >= 0.3 is 0 Å². The lowest BCUT2D eigenvalue weighted by Crippen LogP contribution is -2.02. The molecule has 2 aromatic rings. The fourth-order valence-electron chi connectivity index (χ4n) is 1.52. The Morgan fingerprint density at radius 1 is 1.41 bits per heavy atom. The quantitative estimate of drug-likeness (QED) is 0.852. The molecule has 2 rings (SSSR count). The first-order valence-corrected chi connectivity index (χ1v) is 6.60. The molecule has 0 aliphatic carbocycles. The van der Waals surface area contributed by atoms with Gasteiger partial charge in [0.2, 0.25) is 0 Å². The number of hydrogen-bond donors (Lipinski definition) is 1. The van der Waals surface area contributed by atoms with Crippen molar-refractivity contribution in [3.63, 3.8) is 0 Å². The van der Waals surface area contributed by atoms with Crippen LogP contribution < -0.4 is 10.1 Å². The molecule has 4 heteroatoms. The predicted octanol–water partition coefficient (Wildman–Crippen LogP) is 3.20. The van der Waals surface area contributed by atoms with E-state index in [9.17, 15) is 0 Å². The second-order valence-corrected chi connectivity index (χ2v) is 4.65. The fraction of sp³-hybridized carbons (Fsp3) is 0.308. The molecule has 0 saturated heterocycles. The van der Waals surface area contributed by atoms with Crippen LogP contribution in [0.5, 0.6) is 5.75 Å². The highest BCUT2D eigenvalue weighted by Gasteiger charge is 1.98. The number of thiophene rings is 1. The molecule has 2 heterocycles. The van der Waals surface area contributed by atoms with Crippen molar-refractivity contribution in [2.24, 2.45) is 0 Å². The zero-order chi connectivity index (χ0) is 11.9. The van der Waals surface area contributed by atoms with Crippen LogP contribution in [-0.4, -0.2) is 18.1 Å². The number of nitrogens with zero attached hydrogens (tertiary/aromatic N) is 1. The second-order valence-electron chi connectivity index (χ2n) is 3.62. The summed E-state index contributed by atoms with van der Waals surface area (Å²) in [6, 6.07) is 6.17. The minimum Gasteiger partial charge on any atom is -0.492 e. The molecule has 0 aliphatic rings. The highest BCUT2D eigenvalue weighted by molar-refractivity contribution is 7.09. The molecule has 0 bridgehead atoms. The molecular formula is C13H16N2OS. The standard InChI is InChI=1S/C13H16N2OS/c1-2-15-11-8-12(10-14-9-11)16-6-5-13-4-3-7-17-13/h3-4,7-10,15H,2,5-6H2,1H3. The molecule has 0 fully saturated rings. The lowest BCUT2D eigenvalue weighted by atomic mass is 10.3. The summed E-state index contributed by atoms with van der Waals surface area (Å²) < 4.78 is 5.67. The van der Waals surface area contributed by atoms with E-state index in [-0.39, 0.29) is 0 Å². The minimum absolute atomic E-state index is 0.692. The van der Waals surface area contributed by atoms with Crippen LogP contribution in [0.15, 0.2) is 36.0 Å². The molecule has 2 aromatic heterocycles. The van der Waals surface area contributed by atoms with Gasteiger partial charge in [-0.1, -0.05) is 6.07 Å². The maximum absolute atomic E-state index is 5.67. The van der Waals surface area contributed by atoms with E-state index in [0.717, 1.165) is 24.4 Å². The molecule has 0 aromatic carbocycles. The van der Waals surface area contributed by atoms with E-state index in [1.807, 2.05) is 6.07 Å². The monoisotopic (exact) mass is 248 g/mol. The van der Waals surface area contributed by atoms with Crippen LogP contribution in [0.2, 0.25) is 0 Å². The Morgan fingerprint density at radius 2 is 2.35 bits per heavy atom. The van der Waals surface area contributed by atoms with Gasteiger partial charge in [-0.2, -0.15) is 0 Å². The number of pyridine rings is 1. The van der Waals surface area contributed by atoms with E-state index in [4.69, 9.17) is 4.74 Å². The number of rotatable bonds is 6. The van der Waals surface area contributed by atoms with Crippen molar-refractivity contribution < 1.29 is 4.74 Å². The average molecular weight is 248 g/mol. The molecule has 0 spiro atoms. The lowest BCUT2D eigenvalue weighted by molar-refractivity contribution is 0.322. The summed E-state index contributed by atoms with van der Waals surface area (Å²) >= 11 is 1.76. The largest absolute Gasteiger partial charge is 0.492 e. The summed E-state index contributed by atoms with van der Waals surface area (Å²) in [5.41, 5.74) is 1.00. The lowest BCUT2D eigenvalue weighted by Gasteiger charge is -2.07. The predicted molar refractivity (Wildman–Crippen MR) is 71.9 cm³/mol. The number of anilines is 1. The maximum Gasteiger partial charge on any atom is 0.139 e. The zero-order valence-corrected chi connectivity index (χ0v) is 10.7. The van der Waals surface area contributed by atoms with E-state index in [1.54, 1.807) is 23.7 Å². The first kappa shape index (κ1) is 11.9. The van der Waals surface area contributed by atoms with Gasteiger partial charge in [-0.25, -0.2) is 0 Å². The molecule has 17 heavy (non-hydrogen) atoms. The van der Waals surface area contributed by atoms with Crippen molar-refractivity contribution >= 4 is 17.0 Å². The summed E-state index contributed by atoms with van der Waals surface area (Å²) in [6.45, 7) is 3.64. The van der Waals surface area contributed by atoms with E-state index >= 15 is 0 Å². The highest BCUT2D eigenvalue weighted by atomic mass is 32.1. The van der Waals surface area contributed by atoms with E-state index in [2.05, 4.69) is 34.7 Å². The van der Waals surface area contributed by atoms with Crippen LogP contribution in [0.4, 0.5) is 5.69 Å². The smallest absolute Gasteiger partial charge is 0.139 e. The highest BCUT2D eigenvalue weighted by Crippen LogP contribution is 2.16. The molecule has 0 radical (unpaired) electrons. The Bertz CT molecular complexity index is 442. The third-order valence-corrected chi connectivity index (χ3v) is 3.23. The average Bonchev–Trinajstić information content (AvgIpc) is 2.83. The zero-order valence-electron chi connectivity index (χ0n) is 9.85. The Hall–Kier alpha value is -1.55. The van der Waals surface area contributed by atoms with Gasteiger partial charge in [-0.3, -0.25) is 4.98 Å². The normalized spacial score (nSPS) is 10.2. The summed E-state index contributed by atoms with van der Waals surface area (Å²) in [4.78, 5) is 5.48. The van der Waals surface area contributed by atoms with Gasteiger partial charge < -0.3 is 10.1 Å². The summed E-state index contributed by atoms with van der Waals surface area (Å²) in [6.07, 6.45) is 4.49. The molecule has 0 aliphatic heterocycles. The van der Waals surface area contributed by atoms with Crippen LogP contribution in [-0.2, 0) is 6.42 Å². The topological polar surface area (TPSA) is 34.2 Å². The molecular weight excluding hydrogens is 232 g/mol. The molecule has 0 atom stereocenters. The molecule has 0 amide bonds. The van der Waals surface area contributed by atoms with Crippen molar-refractivity contribution in [2.45, 2.75) is 13.3 Å². The van der Waals surface area contributed by atoms with Crippen molar-refractivity contribution in [3.05, 3.63) is 40.8 Å². The molecule has 0 saturated carbocycles. The molecule has 3 nitrogen and oxygen atoms in total. The number of hydrogen-bond acceptors (Lipinski definition) is 4. The minimum atomic E-state index is 0.692. The van der Waals surface area contributed by atoms with Gasteiger partial charge in [0.25, 0.3) is 0 Å². The van der Waals surface area contributed by atoms with Crippen molar-refractivity contribution in [1.82, 2.24) is 4.98 Å². The van der Waals surface area contributed by atoms with Crippen molar-refractivity contribution in [2.75, 3.05) is 18.5 Å². The van der Waals surface area contributed by atoms with Crippen LogP contribution in [0.1, 0.15) is 11.8 Å². The number of ether oxygens (including phenoxy) is 1. The Labute approximate surface area is 105 Å². The van der Waals surface area contributed by atoms with Crippen LogP contribution in [0, 0.1) is 0 Å². The van der Waals surface area contributed by atoms with E-state index in [1.165, 1.54) is 4.88 Å². The first-order valence-electron chi connectivity index (χ1n) is 5.72. The summed E-state index contributed by atoms with van der Waals surface area (Å²) in [5, 5.41) is 5.30. The second kappa shape index (κ2) is 6.25. The fourth-order valence-corrected chi connectivity index (χ4v) is 2.21. The van der Waals surface area contributed by atoms with Crippen LogP contribution in [0.25, 0.3) is 0 Å². The van der Waals surface area contributed by atoms with Gasteiger partial charge in [0.1, 0.15) is 5.75 Å². The Kier molecular flexibility index (Phi) is 4.38. The van der Waals surface area contributed by atoms with Crippen molar-refractivity contribution in [3.8, 4) is 5.75 Å². The molecule has 1 N–H and O–H groups in total. The van der Waals surface area contributed by atoms with Gasteiger partial charge in [0.15, 0.2) is 0 Å². The van der Waals surface area contributed by atoms with Gasteiger partial charge in [0, 0.05) is 23.9 Å². The summed E-state index contributed by atoms with van der Waals surface area (Å²) in [7, 11) is 0. The molecule has 90 valence electrons. The SMILES string of the molecule is CCNc1cncc(OCCc2cccs2)c1. The number of aromatic nitrogens is 1. The third kappa shape index (κ3) is 3.75. The van der Waals surface area contributed by atoms with E-state index in [0.29, 0.717) is 6.61 Å². The maximum atomic E-state index is 5.67. The first-order chi connectivity index (χ1) is 8.38. The number of nitrogens with one attached hydrogen (secondary N) is 1. The summed E-state index contributed by atoms with van der Waals surface area (Å²) in [5.74, 6) is 0.819. The van der Waals surface area contributed by atoms with Crippen LogP contribution in [0.3, 0.4) is 0 Å². The van der Waals surface area contributed by atoms with Gasteiger partial charge in [-0.15, -0.1) is 11.3 Å². The van der Waals surface area contributed by atoms with Gasteiger partial charge in [0.05, 0.1) is 24.7 Å². The third-order valence-electron chi connectivity index (χ3n) is 2.29. The molecule has 0 unspecified atom stereocenters. The van der Waals surface area contributed by atoms with Crippen LogP contribution >= 0.6 is 11.3 Å².